The summed E-state index contributed by atoms with van der Waals surface area (Å²) in [6.07, 6.45) is 0.615. The van der Waals surface area contributed by atoms with Crippen LogP contribution in [-0.2, 0) is 6.42 Å². The Balaban J connectivity index is 2.27. The molecule has 0 bridgehead atoms. The number of benzene rings is 1. The van der Waals surface area contributed by atoms with Gasteiger partial charge in [-0.2, -0.15) is 0 Å². The van der Waals surface area contributed by atoms with Crippen molar-refractivity contribution >= 4 is 17.4 Å². The highest BCUT2D eigenvalue weighted by molar-refractivity contribution is 6.04. The molecule has 0 fully saturated rings. The Morgan fingerprint density at radius 1 is 1.19 bits per heavy atom. The number of nitrogen functional groups attached to an aromatic ring is 1. The van der Waals surface area contributed by atoms with E-state index in [-0.39, 0.29) is 5.69 Å². The predicted molar refractivity (Wildman–Crippen MR) is 75.7 cm³/mol. The first-order chi connectivity index (χ1) is 10.0. The van der Waals surface area contributed by atoms with Crippen LogP contribution in [0.4, 0.5) is 20.3 Å². The van der Waals surface area contributed by atoms with E-state index in [4.69, 9.17) is 5.84 Å². The van der Waals surface area contributed by atoms with E-state index in [1.165, 1.54) is 6.07 Å². The van der Waals surface area contributed by atoms with E-state index in [1.54, 1.807) is 6.07 Å². The molecule has 0 saturated carbocycles. The van der Waals surface area contributed by atoms with E-state index in [1.807, 2.05) is 6.92 Å². The van der Waals surface area contributed by atoms with Gasteiger partial charge in [-0.1, -0.05) is 6.92 Å². The third kappa shape index (κ3) is 3.73. The van der Waals surface area contributed by atoms with Gasteiger partial charge in [-0.15, -0.1) is 0 Å². The van der Waals surface area contributed by atoms with E-state index in [0.717, 1.165) is 18.2 Å². The van der Waals surface area contributed by atoms with Gasteiger partial charge in [-0.3, -0.25) is 4.79 Å². The molecule has 0 spiro atoms. The summed E-state index contributed by atoms with van der Waals surface area (Å²) in [4.78, 5) is 16.3. The highest BCUT2D eigenvalue weighted by Gasteiger charge is 2.11. The van der Waals surface area contributed by atoms with E-state index in [9.17, 15) is 13.6 Å². The molecule has 0 radical (unpaired) electrons. The number of hydrogen-bond donors (Lipinski definition) is 3. The van der Waals surface area contributed by atoms with E-state index in [0.29, 0.717) is 23.5 Å². The summed E-state index contributed by atoms with van der Waals surface area (Å²) < 4.78 is 26.2. The van der Waals surface area contributed by atoms with E-state index in [2.05, 4.69) is 15.7 Å². The first kappa shape index (κ1) is 14.9. The summed E-state index contributed by atoms with van der Waals surface area (Å²) in [6, 6.07) is 5.83. The topological polar surface area (TPSA) is 80.0 Å². The average Bonchev–Trinajstić information content (AvgIpc) is 2.45. The van der Waals surface area contributed by atoms with E-state index < -0.39 is 17.5 Å². The number of nitrogens with two attached hydrogens (primary N) is 1. The Bertz CT molecular complexity index is 634. The summed E-state index contributed by atoms with van der Waals surface area (Å²) in [7, 11) is 0. The summed E-state index contributed by atoms with van der Waals surface area (Å²) in [6.45, 7) is 1.88. The molecule has 0 atom stereocenters. The Kier molecular flexibility index (Phi) is 4.44. The fourth-order valence-corrected chi connectivity index (χ4v) is 1.80. The Morgan fingerprint density at radius 3 is 2.43 bits per heavy atom. The van der Waals surface area contributed by atoms with Gasteiger partial charge in [0.25, 0.3) is 5.91 Å². The number of carbonyl (C=O) groups is 1. The smallest absolute Gasteiger partial charge is 0.255 e. The third-order valence-electron chi connectivity index (χ3n) is 2.77. The molecule has 21 heavy (non-hydrogen) atoms. The fourth-order valence-electron chi connectivity index (χ4n) is 1.80. The van der Waals surface area contributed by atoms with Crippen LogP contribution < -0.4 is 16.6 Å². The molecule has 0 aliphatic carbocycles. The lowest BCUT2D eigenvalue weighted by molar-refractivity contribution is 0.102. The normalized spacial score (nSPS) is 10.3. The monoisotopic (exact) mass is 292 g/mol. The molecule has 0 unspecified atom stereocenters. The van der Waals surface area contributed by atoms with Crippen LogP contribution in [0.15, 0.2) is 30.3 Å². The van der Waals surface area contributed by atoms with Gasteiger partial charge in [0.2, 0.25) is 0 Å². The zero-order chi connectivity index (χ0) is 15.4. The van der Waals surface area contributed by atoms with Crippen molar-refractivity contribution in [2.24, 2.45) is 5.84 Å². The molecule has 2 rings (SSSR count). The molecule has 1 aromatic heterocycles. The van der Waals surface area contributed by atoms with Crippen molar-refractivity contribution in [3.05, 3.63) is 53.2 Å². The molecule has 5 nitrogen and oxygen atoms in total. The highest BCUT2D eigenvalue weighted by atomic mass is 19.1. The molecule has 1 heterocycles. The van der Waals surface area contributed by atoms with Crippen LogP contribution in [0.5, 0.6) is 0 Å². The first-order valence-electron chi connectivity index (χ1n) is 6.27. The number of aromatic nitrogens is 1. The zero-order valence-electron chi connectivity index (χ0n) is 11.3. The van der Waals surface area contributed by atoms with Crippen LogP contribution in [-0.4, -0.2) is 10.9 Å². The molecule has 0 aliphatic rings. The molecule has 7 heteroatoms. The molecule has 0 saturated heterocycles. The minimum Gasteiger partial charge on any atom is -0.322 e. The minimum absolute atomic E-state index is 0.0367. The lowest BCUT2D eigenvalue weighted by atomic mass is 10.1. The molecule has 4 N–H and O–H groups in total. The van der Waals surface area contributed by atoms with Crippen molar-refractivity contribution in [3.63, 3.8) is 0 Å². The fraction of sp³-hybridized carbons (Fsp3) is 0.143. The number of halogens is 2. The number of anilines is 2. The number of nitrogens with one attached hydrogen (secondary N) is 2. The lowest BCUT2D eigenvalue weighted by Crippen LogP contribution is -2.15. The number of amides is 1. The van der Waals surface area contributed by atoms with Crippen LogP contribution in [0.25, 0.3) is 0 Å². The van der Waals surface area contributed by atoms with Crippen LogP contribution >= 0.6 is 0 Å². The van der Waals surface area contributed by atoms with Gasteiger partial charge in [0.15, 0.2) is 0 Å². The van der Waals surface area contributed by atoms with Gasteiger partial charge in [-0.25, -0.2) is 19.6 Å². The summed E-state index contributed by atoms with van der Waals surface area (Å²) in [5.74, 6) is 3.59. The van der Waals surface area contributed by atoms with Crippen molar-refractivity contribution in [2.45, 2.75) is 13.3 Å². The van der Waals surface area contributed by atoms with Crippen LogP contribution in [0.3, 0.4) is 0 Å². The Labute approximate surface area is 120 Å². The second-order valence-electron chi connectivity index (χ2n) is 4.34. The van der Waals surface area contributed by atoms with Crippen molar-refractivity contribution in [1.29, 1.82) is 0 Å². The van der Waals surface area contributed by atoms with Gasteiger partial charge >= 0.3 is 0 Å². The minimum atomic E-state index is -0.765. The summed E-state index contributed by atoms with van der Waals surface area (Å²) in [5.41, 5.74) is 3.36. The predicted octanol–water partition coefficient (Wildman–Crippen LogP) is 2.46. The Hall–Kier alpha value is -2.54. The molecule has 1 aromatic carbocycles. The van der Waals surface area contributed by atoms with Crippen LogP contribution in [0.2, 0.25) is 0 Å². The molecule has 0 aliphatic heterocycles. The number of aryl methyl sites for hydroxylation is 1. The van der Waals surface area contributed by atoms with Crippen molar-refractivity contribution < 1.29 is 13.6 Å². The number of hydrazine groups is 1. The van der Waals surface area contributed by atoms with Crippen LogP contribution in [0.1, 0.15) is 23.0 Å². The standard InChI is InChI=1S/C14H14F2N4O/c1-2-11-3-8(4-13(18-11)20-17)14(21)19-12-6-9(15)5-10(16)7-12/h3-7H,2,17H2,1H3,(H,18,20)(H,19,21). The average molecular weight is 292 g/mol. The SMILES string of the molecule is CCc1cc(C(=O)Nc2cc(F)cc(F)c2)cc(NN)n1. The van der Waals surface area contributed by atoms with Gasteiger partial charge in [0.1, 0.15) is 17.5 Å². The summed E-state index contributed by atoms with van der Waals surface area (Å²) >= 11 is 0. The maximum Gasteiger partial charge on any atom is 0.255 e. The maximum atomic E-state index is 13.1. The van der Waals surface area contributed by atoms with Gasteiger partial charge in [-0.05, 0) is 30.7 Å². The van der Waals surface area contributed by atoms with Crippen molar-refractivity contribution in [1.82, 2.24) is 4.98 Å². The second kappa shape index (κ2) is 6.27. The number of nitrogens with zero attached hydrogens (tertiary/aromatic N) is 1. The molecule has 2 aromatic rings. The molecular weight excluding hydrogens is 278 g/mol. The summed E-state index contributed by atoms with van der Waals surface area (Å²) in [5, 5.41) is 2.43. The van der Waals surface area contributed by atoms with Gasteiger partial charge in [0.05, 0.1) is 0 Å². The van der Waals surface area contributed by atoms with Crippen molar-refractivity contribution in [3.8, 4) is 0 Å². The molecule has 110 valence electrons. The van der Waals surface area contributed by atoms with Gasteiger partial charge in [0, 0.05) is 23.0 Å². The number of pyridine rings is 1. The zero-order valence-corrected chi connectivity index (χ0v) is 11.3. The Morgan fingerprint density at radius 2 is 1.86 bits per heavy atom. The molecule has 1 amide bonds. The van der Waals surface area contributed by atoms with Gasteiger partial charge < -0.3 is 10.7 Å². The van der Waals surface area contributed by atoms with Crippen LogP contribution in [0, 0.1) is 11.6 Å². The third-order valence-corrected chi connectivity index (χ3v) is 2.77. The highest BCUT2D eigenvalue weighted by Crippen LogP contribution is 2.16. The molecular formula is C14H14F2N4O. The second-order valence-corrected chi connectivity index (χ2v) is 4.34. The number of rotatable bonds is 4. The lowest BCUT2D eigenvalue weighted by Gasteiger charge is -2.09. The van der Waals surface area contributed by atoms with E-state index >= 15 is 0 Å². The number of hydrogen-bond acceptors (Lipinski definition) is 4. The largest absolute Gasteiger partial charge is 0.322 e. The first-order valence-corrected chi connectivity index (χ1v) is 6.27. The van der Waals surface area contributed by atoms with Crippen molar-refractivity contribution in [2.75, 3.05) is 10.7 Å². The quantitative estimate of drug-likeness (QED) is 0.597. The maximum absolute atomic E-state index is 13.1. The number of carbonyl (C=O) groups excluding carboxylic acids is 1.